The predicted octanol–water partition coefficient (Wildman–Crippen LogP) is 2.14. The number of rotatable bonds is 6. The quantitative estimate of drug-likeness (QED) is 0.704. The van der Waals surface area contributed by atoms with Crippen LogP contribution in [0.5, 0.6) is 0 Å². The van der Waals surface area contributed by atoms with E-state index in [9.17, 15) is 18.3 Å². The normalized spacial score (nSPS) is 21.3. The van der Waals surface area contributed by atoms with Gasteiger partial charge in [-0.3, -0.25) is 4.90 Å². The number of piperazine rings is 1. The summed E-state index contributed by atoms with van der Waals surface area (Å²) < 4.78 is 38.5. The first-order valence-corrected chi connectivity index (χ1v) is 9.09. The molecule has 0 spiro atoms. The van der Waals surface area contributed by atoms with Crippen molar-refractivity contribution in [1.29, 1.82) is 0 Å². The number of aliphatic hydroxyl groups excluding tert-OH is 1. The van der Waals surface area contributed by atoms with Crippen LogP contribution in [0.4, 0.5) is 18.9 Å². The van der Waals surface area contributed by atoms with Gasteiger partial charge in [-0.2, -0.15) is 13.2 Å². The highest BCUT2D eigenvalue weighted by Crippen LogP contribution is 2.30. The first-order chi connectivity index (χ1) is 12.9. The van der Waals surface area contributed by atoms with Gasteiger partial charge in [-0.15, -0.1) is 0 Å². The highest BCUT2D eigenvalue weighted by atomic mass is 19.4. The molecule has 148 valence electrons. The fourth-order valence-corrected chi connectivity index (χ4v) is 3.14. The highest BCUT2D eigenvalue weighted by molar-refractivity contribution is 5.44. The summed E-state index contributed by atoms with van der Waals surface area (Å²) in [4.78, 5) is 3.67. The van der Waals surface area contributed by atoms with Gasteiger partial charge in [0.2, 0.25) is 0 Å². The van der Waals surface area contributed by atoms with Crippen LogP contribution in [0.25, 0.3) is 0 Å². The SMILES string of the molecule is OC1C=CC(C(F)(F)F)=CN1Cc1ccc(NCCN2CCNCC2)cc1. The van der Waals surface area contributed by atoms with E-state index in [1.54, 1.807) is 0 Å². The Kier molecular flexibility index (Phi) is 6.41. The molecule has 3 rings (SSSR count). The smallest absolute Gasteiger partial charge is 0.384 e. The molecule has 0 aromatic heterocycles. The topological polar surface area (TPSA) is 50.8 Å². The van der Waals surface area contributed by atoms with Gasteiger partial charge in [0.15, 0.2) is 0 Å². The van der Waals surface area contributed by atoms with Crippen molar-refractivity contribution in [2.75, 3.05) is 44.6 Å². The lowest BCUT2D eigenvalue weighted by Gasteiger charge is -2.29. The molecule has 0 amide bonds. The molecule has 2 heterocycles. The van der Waals surface area contributed by atoms with E-state index < -0.39 is 18.0 Å². The molecule has 0 saturated carbocycles. The zero-order valence-electron chi connectivity index (χ0n) is 15.0. The molecule has 1 unspecified atom stereocenters. The lowest BCUT2D eigenvalue weighted by molar-refractivity contribution is -0.0911. The molecule has 3 N–H and O–H groups in total. The van der Waals surface area contributed by atoms with Crippen molar-refractivity contribution in [3.63, 3.8) is 0 Å². The maximum Gasteiger partial charge on any atom is 0.417 e. The first kappa shape index (κ1) is 19.7. The molecular weight excluding hydrogens is 357 g/mol. The molecular formula is C19H25F3N4O. The monoisotopic (exact) mass is 382 g/mol. The van der Waals surface area contributed by atoms with Gasteiger partial charge in [0.1, 0.15) is 6.23 Å². The number of aliphatic hydroxyl groups is 1. The maximum absolute atomic E-state index is 12.8. The second kappa shape index (κ2) is 8.77. The van der Waals surface area contributed by atoms with Crippen LogP contribution in [0.1, 0.15) is 5.56 Å². The van der Waals surface area contributed by atoms with Crippen LogP contribution in [0, 0.1) is 0 Å². The van der Waals surface area contributed by atoms with Crippen molar-refractivity contribution in [3.8, 4) is 0 Å². The van der Waals surface area contributed by atoms with Gasteiger partial charge in [0.25, 0.3) is 0 Å². The van der Waals surface area contributed by atoms with E-state index in [1.807, 2.05) is 24.3 Å². The summed E-state index contributed by atoms with van der Waals surface area (Å²) >= 11 is 0. The summed E-state index contributed by atoms with van der Waals surface area (Å²) in [6.07, 6.45) is -2.47. The average molecular weight is 382 g/mol. The second-order valence-electron chi connectivity index (χ2n) is 6.74. The summed E-state index contributed by atoms with van der Waals surface area (Å²) in [6.45, 7) is 6.17. The number of hydrogen-bond acceptors (Lipinski definition) is 5. The molecule has 0 aliphatic carbocycles. The average Bonchev–Trinajstić information content (AvgIpc) is 2.65. The van der Waals surface area contributed by atoms with Crippen LogP contribution in [0.15, 0.2) is 48.2 Å². The molecule has 1 aromatic rings. The van der Waals surface area contributed by atoms with E-state index in [0.29, 0.717) is 0 Å². The molecule has 8 heteroatoms. The third-order valence-electron chi connectivity index (χ3n) is 4.71. The molecule has 2 aliphatic rings. The number of halogens is 3. The summed E-state index contributed by atoms with van der Waals surface area (Å²) in [7, 11) is 0. The Morgan fingerprint density at radius 1 is 1.15 bits per heavy atom. The lowest BCUT2D eigenvalue weighted by atomic mass is 10.1. The standard InChI is InChI=1S/C19H25F3N4O/c20-19(21,22)16-3-6-18(27)26(14-16)13-15-1-4-17(5-2-15)24-9-12-25-10-7-23-8-11-25/h1-6,14,18,23-24,27H,7-13H2. The van der Waals surface area contributed by atoms with Gasteiger partial charge in [-0.05, 0) is 29.8 Å². The number of hydrogen-bond donors (Lipinski definition) is 3. The molecule has 0 radical (unpaired) electrons. The number of anilines is 1. The Labute approximate surface area is 157 Å². The van der Waals surface area contributed by atoms with Gasteiger partial charge in [0, 0.05) is 57.7 Å². The fraction of sp³-hybridized carbons (Fsp3) is 0.474. The van der Waals surface area contributed by atoms with E-state index in [1.165, 1.54) is 4.90 Å². The summed E-state index contributed by atoms with van der Waals surface area (Å²) in [5, 5.41) is 16.6. The van der Waals surface area contributed by atoms with Crippen molar-refractivity contribution in [1.82, 2.24) is 15.1 Å². The van der Waals surface area contributed by atoms with Crippen LogP contribution < -0.4 is 10.6 Å². The molecule has 0 bridgehead atoms. The van der Waals surface area contributed by atoms with Crippen LogP contribution >= 0.6 is 0 Å². The largest absolute Gasteiger partial charge is 0.417 e. The molecule has 1 atom stereocenters. The van der Waals surface area contributed by atoms with E-state index in [4.69, 9.17) is 0 Å². The molecule has 1 aromatic carbocycles. The lowest BCUT2D eigenvalue weighted by Crippen LogP contribution is -2.45. The third kappa shape index (κ3) is 5.72. The molecule has 2 aliphatic heterocycles. The van der Waals surface area contributed by atoms with Gasteiger partial charge in [0.05, 0.1) is 5.57 Å². The van der Waals surface area contributed by atoms with Crippen molar-refractivity contribution in [3.05, 3.63) is 53.8 Å². The van der Waals surface area contributed by atoms with Crippen molar-refractivity contribution < 1.29 is 18.3 Å². The minimum Gasteiger partial charge on any atom is -0.384 e. The summed E-state index contributed by atoms with van der Waals surface area (Å²) in [6, 6.07) is 7.54. The maximum atomic E-state index is 12.8. The molecule has 27 heavy (non-hydrogen) atoms. The zero-order chi connectivity index (χ0) is 19.3. The Balaban J connectivity index is 1.51. The van der Waals surface area contributed by atoms with Gasteiger partial charge >= 0.3 is 6.18 Å². The second-order valence-corrected chi connectivity index (χ2v) is 6.74. The Morgan fingerprint density at radius 2 is 1.85 bits per heavy atom. The first-order valence-electron chi connectivity index (χ1n) is 9.09. The summed E-state index contributed by atoms with van der Waals surface area (Å²) in [5.74, 6) is 0. The third-order valence-corrected chi connectivity index (χ3v) is 4.71. The van der Waals surface area contributed by atoms with Crippen LogP contribution in [-0.4, -0.2) is 66.6 Å². The number of alkyl halides is 3. The fourth-order valence-electron chi connectivity index (χ4n) is 3.14. The van der Waals surface area contributed by atoms with Crippen LogP contribution in [-0.2, 0) is 6.54 Å². The number of benzene rings is 1. The summed E-state index contributed by atoms with van der Waals surface area (Å²) in [5.41, 5.74) is 1.04. The van der Waals surface area contributed by atoms with Crippen LogP contribution in [0.3, 0.4) is 0 Å². The molecule has 5 nitrogen and oxygen atoms in total. The van der Waals surface area contributed by atoms with E-state index in [0.717, 1.165) is 68.9 Å². The van der Waals surface area contributed by atoms with Crippen molar-refractivity contribution in [2.24, 2.45) is 0 Å². The Hall–Kier alpha value is -2.03. The van der Waals surface area contributed by atoms with E-state index in [2.05, 4.69) is 15.5 Å². The minimum atomic E-state index is -4.42. The zero-order valence-corrected chi connectivity index (χ0v) is 15.0. The molecule has 1 saturated heterocycles. The van der Waals surface area contributed by atoms with Crippen molar-refractivity contribution in [2.45, 2.75) is 18.9 Å². The predicted molar refractivity (Wildman–Crippen MR) is 99.1 cm³/mol. The Morgan fingerprint density at radius 3 is 2.52 bits per heavy atom. The van der Waals surface area contributed by atoms with E-state index >= 15 is 0 Å². The Bertz CT molecular complexity index is 667. The van der Waals surface area contributed by atoms with Gasteiger partial charge < -0.3 is 20.6 Å². The van der Waals surface area contributed by atoms with Crippen LogP contribution in [0.2, 0.25) is 0 Å². The highest BCUT2D eigenvalue weighted by Gasteiger charge is 2.34. The molecule has 1 fully saturated rings. The number of nitrogens with one attached hydrogen (secondary N) is 2. The minimum absolute atomic E-state index is 0.201. The van der Waals surface area contributed by atoms with Gasteiger partial charge in [-0.25, -0.2) is 0 Å². The number of allylic oxidation sites excluding steroid dienone is 2. The van der Waals surface area contributed by atoms with E-state index in [-0.39, 0.29) is 6.54 Å². The number of nitrogens with zero attached hydrogens (tertiary/aromatic N) is 2. The van der Waals surface area contributed by atoms with Crippen molar-refractivity contribution >= 4 is 5.69 Å². The van der Waals surface area contributed by atoms with Gasteiger partial charge in [-0.1, -0.05) is 12.1 Å².